The molecule has 1 aromatic heterocycles. The van der Waals surface area contributed by atoms with E-state index in [1.54, 1.807) is 0 Å². The first-order chi connectivity index (χ1) is 40.9. The van der Waals surface area contributed by atoms with E-state index in [9.17, 15) is 0 Å². The van der Waals surface area contributed by atoms with Gasteiger partial charge in [0.05, 0.1) is 21.9 Å². The van der Waals surface area contributed by atoms with Crippen LogP contribution in [0.15, 0.2) is 285 Å². The fourth-order valence-electron chi connectivity index (χ4n) is 16.0. The maximum atomic E-state index is 2.52. The van der Waals surface area contributed by atoms with Crippen LogP contribution >= 0.6 is 0 Å². The minimum Gasteiger partial charge on any atom is -0.309 e. The van der Waals surface area contributed by atoms with Gasteiger partial charge in [0, 0.05) is 16.5 Å². The first kappa shape index (κ1) is 46.4. The first-order valence-corrected chi connectivity index (χ1v) is 29.2. The number of aromatic nitrogens is 1. The molecule has 1 heterocycles. The quantitative estimate of drug-likeness (QED) is 0.162. The molecule has 4 aliphatic carbocycles. The summed E-state index contributed by atoms with van der Waals surface area (Å²) in [5.41, 5.74) is 36.3. The molecule has 0 unspecified atom stereocenters. The van der Waals surface area contributed by atoms with Crippen molar-refractivity contribution >= 4 is 21.8 Å². The topological polar surface area (TPSA) is 4.93 Å². The standard InChI is InChI=1S/C82H53N/c1-50-42-51(2)44-59(43-50)54-17-15-16-53(45-54)52-30-36-60(37-31-52)83-79-40-34-55(57-32-38-67-65-22-7-13-28-75(65)81(77(67)48-57)71-24-9-3-18-61(71)62-19-4-10-25-72(62)81)46-69(79)70-47-56(35-41-80(70)83)58-33-39-68-66-23-8-14-29-76(66)82(78(68)49-58)73-26-11-5-20-63(73)64-21-6-12-27-74(64)82/h3-49H,1-2H3. The molecular formula is C82H53N. The zero-order valence-electron chi connectivity index (χ0n) is 46.1. The summed E-state index contributed by atoms with van der Waals surface area (Å²) in [5.74, 6) is 0. The zero-order valence-corrected chi connectivity index (χ0v) is 46.1. The van der Waals surface area contributed by atoms with Crippen LogP contribution in [-0.2, 0) is 10.8 Å². The van der Waals surface area contributed by atoms with Gasteiger partial charge in [0.2, 0.25) is 0 Å². The van der Waals surface area contributed by atoms with E-state index in [-0.39, 0.29) is 0 Å². The van der Waals surface area contributed by atoms with Crippen molar-refractivity contribution in [2.75, 3.05) is 0 Å². The number of rotatable bonds is 5. The molecular weight excluding hydrogens is 999 g/mol. The average molecular weight is 1050 g/mol. The van der Waals surface area contributed by atoms with Gasteiger partial charge < -0.3 is 4.57 Å². The van der Waals surface area contributed by atoms with E-state index in [0.29, 0.717) is 0 Å². The highest BCUT2D eigenvalue weighted by Gasteiger charge is 2.53. The van der Waals surface area contributed by atoms with Gasteiger partial charge in [-0.2, -0.15) is 0 Å². The number of benzene rings is 13. The number of fused-ring (bicyclic) bond motifs is 23. The third kappa shape index (κ3) is 6.26. The van der Waals surface area contributed by atoms with Crippen molar-refractivity contribution in [1.82, 2.24) is 4.57 Å². The van der Waals surface area contributed by atoms with Crippen LogP contribution in [0.4, 0.5) is 0 Å². The lowest BCUT2D eigenvalue weighted by Crippen LogP contribution is -2.25. The van der Waals surface area contributed by atoms with Crippen molar-refractivity contribution in [3.63, 3.8) is 0 Å². The molecule has 1 nitrogen and oxygen atoms in total. The molecule has 13 aromatic carbocycles. The second-order valence-corrected chi connectivity index (χ2v) is 23.6. The van der Waals surface area contributed by atoms with Gasteiger partial charge in [-0.05, 0) is 202 Å². The minimum atomic E-state index is -0.421. The smallest absolute Gasteiger partial charge is 0.0725 e. The lowest BCUT2D eigenvalue weighted by Gasteiger charge is -2.30. The molecule has 0 radical (unpaired) electrons. The van der Waals surface area contributed by atoms with E-state index in [1.807, 2.05) is 0 Å². The van der Waals surface area contributed by atoms with Crippen molar-refractivity contribution in [3.05, 3.63) is 341 Å². The van der Waals surface area contributed by atoms with E-state index < -0.39 is 10.8 Å². The van der Waals surface area contributed by atoms with E-state index in [2.05, 4.69) is 304 Å². The highest BCUT2D eigenvalue weighted by molar-refractivity contribution is 6.12. The van der Waals surface area contributed by atoms with Crippen molar-refractivity contribution in [1.29, 1.82) is 0 Å². The second-order valence-electron chi connectivity index (χ2n) is 23.6. The fraction of sp³-hybridized carbons (Fsp3) is 0.0488. The molecule has 2 spiro atoms. The summed E-state index contributed by atoms with van der Waals surface area (Å²) < 4.78 is 2.48. The first-order valence-electron chi connectivity index (χ1n) is 29.2. The molecule has 0 fully saturated rings. The predicted octanol–water partition coefficient (Wildman–Crippen LogP) is 20.8. The summed E-state index contributed by atoms with van der Waals surface area (Å²) in [4.78, 5) is 0. The van der Waals surface area contributed by atoms with Crippen LogP contribution in [0.25, 0.3) is 117 Å². The number of hydrogen-bond acceptors (Lipinski definition) is 0. The average Bonchev–Trinajstić information content (AvgIpc) is 1.68. The Bertz CT molecular complexity index is 4720. The van der Waals surface area contributed by atoms with E-state index in [4.69, 9.17) is 0 Å². The van der Waals surface area contributed by atoms with Gasteiger partial charge in [-0.25, -0.2) is 0 Å². The summed E-state index contributed by atoms with van der Waals surface area (Å²) in [7, 11) is 0. The molecule has 386 valence electrons. The summed E-state index contributed by atoms with van der Waals surface area (Å²) in [6.07, 6.45) is 0. The van der Waals surface area contributed by atoms with E-state index in [0.717, 1.165) is 5.69 Å². The van der Waals surface area contributed by atoms with Crippen LogP contribution in [0.5, 0.6) is 0 Å². The van der Waals surface area contributed by atoms with Gasteiger partial charge in [-0.1, -0.05) is 242 Å². The summed E-state index contributed by atoms with van der Waals surface area (Å²) in [5, 5.41) is 2.45. The van der Waals surface area contributed by atoms with Crippen LogP contribution in [0, 0.1) is 13.8 Å². The molecule has 1 heteroatoms. The largest absolute Gasteiger partial charge is 0.309 e. The molecule has 4 aliphatic rings. The van der Waals surface area contributed by atoms with Gasteiger partial charge in [-0.3, -0.25) is 0 Å². The Labute approximate surface area is 483 Å². The molecule has 14 aromatic rings. The summed E-state index contributed by atoms with van der Waals surface area (Å²) in [6.45, 7) is 4.36. The van der Waals surface area contributed by atoms with Gasteiger partial charge in [0.1, 0.15) is 0 Å². The number of hydrogen-bond donors (Lipinski definition) is 0. The minimum absolute atomic E-state index is 0.421. The van der Waals surface area contributed by atoms with Crippen LogP contribution in [0.2, 0.25) is 0 Å². The monoisotopic (exact) mass is 1050 g/mol. The van der Waals surface area contributed by atoms with E-state index in [1.165, 1.54) is 166 Å². The Balaban J connectivity index is 0.823. The van der Waals surface area contributed by atoms with Gasteiger partial charge in [0.15, 0.2) is 0 Å². The Morgan fingerprint density at radius 1 is 0.217 bits per heavy atom. The SMILES string of the molecule is Cc1cc(C)cc(-c2cccc(-c3ccc(-n4c5ccc(-c6ccc7c(c6)C6(c8ccccc8-c8ccccc86)c6ccccc6-7)cc5c5cc(-c6ccc7c(c6)C6(c8ccccc8-c8ccccc86)c6ccccc6-7)ccc54)cc3)c2)c1. The number of nitrogens with zero attached hydrogens (tertiary/aromatic N) is 1. The van der Waals surface area contributed by atoms with Crippen molar-refractivity contribution in [2.45, 2.75) is 24.7 Å². The van der Waals surface area contributed by atoms with Crippen LogP contribution in [-0.4, -0.2) is 4.57 Å². The second kappa shape index (κ2) is 17.1. The summed E-state index contributed by atoms with van der Waals surface area (Å²) in [6, 6.07) is 109. The molecule has 83 heavy (non-hydrogen) atoms. The molecule has 18 rings (SSSR count). The normalized spacial score (nSPS) is 13.9. The Morgan fingerprint density at radius 2 is 0.530 bits per heavy atom. The predicted molar refractivity (Wildman–Crippen MR) is 345 cm³/mol. The zero-order chi connectivity index (χ0) is 54.7. The fourth-order valence-corrected chi connectivity index (χ4v) is 16.0. The Kier molecular flexibility index (Phi) is 9.56. The molecule has 0 bridgehead atoms. The maximum Gasteiger partial charge on any atom is 0.0725 e. The van der Waals surface area contributed by atoms with E-state index >= 15 is 0 Å². The highest BCUT2D eigenvalue weighted by atomic mass is 15.0. The van der Waals surface area contributed by atoms with Crippen LogP contribution in [0.3, 0.4) is 0 Å². The van der Waals surface area contributed by atoms with Gasteiger partial charge >= 0.3 is 0 Å². The summed E-state index contributed by atoms with van der Waals surface area (Å²) >= 11 is 0. The molecule has 0 aliphatic heterocycles. The highest BCUT2D eigenvalue weighted by Crippen LogP contribution is 2.65. The lowest BCUT2D eigenvalue weighted by molar-refractivity contribution is 0.794. The maximum absolute atomic E-state index is 2.52. The van der Waals surface area contributed by atoms with Crippen molar-refractivity contribution < 1.29 is 0 Å². The van der Waals surface area contributed by atoms with Crippen LogP contribution < -0.4 is 0 Å². The van der Waals surface area contributed by atoms with Gasteiger partial charge in [0.25, 0.3) is 0 Å². The Hall–Kier alpha value is -10.3. The molecule has 0 atom stereocenters. The van der Waals surface area contributed by atoms with Crippen molar-refractivity contribution in [3.8, 4) is 94.7 Å². The molecule has 0 amide bonds. The lowest BCUT2D eigenvalue weighted by atomic mass is 9.70. The molecule has 0 saturated heterocycles. The molecule has 0 N–H and O–H groups in total. The Morgan fingerprint density at radius 3 is 0.928 bits per heavy atom. The van der Waals surface area contributed by atoms with Crippen molar-refractivity contribution in [2.24, 2.45) is 0 Å². The number of aryl methyl sites for hydroxylation is 2. The third-order valence-electron chi connectivity index (χ3n) is 19.3. The third-order valence-corrected chi connectivity index (χ3v) is 19.3. The molecule has 0 saturated carbocycles. The van der Waals surface area contributed by atoms with Crippen LogP contribution in [0.1, 0.15) is 55.6 Å². The van der Waals surface area contributed by atoms with Gasteiger partial charge in [-0.15, -0.1) is 0 Å².